The van der Waals surface area contributed by atoms with E-state index in [-0.39, 0.29) is 30.7 Å². The van der Waals surface area contributed by atoms with Gasteiger partial charge in [0.15, 0.2) is 0 Å². The van der Waals surface area contributed by atoms with Gasteiger partial charge in [-0.05, 0) is 43.9 Å². The van der Waals surface area contributed by atoms with E-state index in [4.69, 9.17) is 0 Å². The van der Waals surface area contributed by atoms with Crippen molar-refractivity contribution >= 4 is 10.0 Å². The van der Waals surface area contributed by atoms with Gasteiger partial charge >= 0.3 is 5.69 Å². The third-order valence-electron chi connectivity index (χ3n) is 6.00. The van der Waals surface area contributed by atoms with Crippen LogP contribution in [0.4, 0.5) is 8.78 Å². The van der Waals surface area contributed by atoms with Gasteiger partial charge in [-0.1, -0.05) is 12.8 Å². The van der Waals surface area contributed by atoms with E-state index in [1.807, 2.05) is 0 Å². The number of hydrogen-bond acceptors (Lipinski definition) is 4. The fourth-order valence-corrected chi connectivity index (χ4v) is 6.00. The monoisotopic (exact) mass is 426 g/mol. The highest BCUT2D eigenvalue weighted by molar-refractivity contribution is 7.89. The largest absolute Gasteiger partial charge is 0.345 e. The predicted octanol–water partition coefficient (Wildman–Crippen LogP) is 2.54. The van der Waals surface area contributed by atoms with Gasteiger partial charge in [0.25, 0.3) is 0 Å². The Morgan fingerprint density at radius 3 is 2.38 bits per heavy atom. The Hall–Kier alpha value is -2.07. The van der Waals surface area contributed by atoms with E-state index < -0.39 is 26.6 Å². The van der Waals surface area contributed by atoms with Crippen LogP contribution in [0.1, 0.15) is 56.3 Å². The molecule has 1 aliphatic carbocycles. The molecule has 2 fully saturated rings. The molecule has 0 spiro atoms. The molecule has 0 bridgehead atoms. The smallest absolute Gasteiger partial charge is 0.276 e. The maximum absolute atomic E-state index is 14.0. The van der Waals surface area contributed by atoms with Crippen LogP contribution in [0, 0.1) is 11.6 Å². The summed E-state index contributed by atoms with van der Waals surface area (Å²) in [5, 5.41) is 4.44. The van der Waals surface area contributed by atoms with Crippen LogP contribution in [0.2, 0.25) is 0 Å². The van der Waals surface area contributed by atoms with Crippen molar-refractivity contribution in [2.24, 2.45) is 7.05 Å². The van der Waals surface area contributed by atoms with Crippen LogP contribution >= 0.6 is 0 Å². The van der Waals surface area contributed by atoms with Gasteiger partial charge in [0.05, 0.1) is 0 Å². The average molecular weight is 426 g/mol. The molecule has 2 aliphatic rings. The van der Waals surface area contributed by atoms with Gasteiger partial charge in [0, 0.05) is 32.1 Å². The molecule has 0 unspecified atom stereocenters. The SMILES string of the molecule is Cn1nc(C2CCN(S(=O)(=O)c3cc(F)ccc3F)CC2)n(C2CCCC2)c1=O. The Kier molecular flexibility index (Phi) is 5.32. The van der Waals surface area contributed by atoms with Crippen molar-refractivity contribution in [3.8, 4) is 0 Å². The molecule has 0 radical (unpaired) electrons. The van der Waals surface area contributed by atoms with Gasteiger partial charge in [0.2, 0.25) is 10.0 Å². The minimum atomic E-state index is -4.13. The summed E-state index contributed by atoms with van der Waals surface area (Å²) in [4.78, 5) is 11.9. The molecule has 0 atom stereocenters. The minimum absolute atomic E-state index is 0.0479. The summed E-state index contributed by atoms with van der Waals surface area (Å²) < 4.78 is 57.4. The molecule has 158 valence electrons. The number of nitrogens with zero attached hydrogens (tertiary/aromatic N) is 4. The van der Waals surface area contributed by atoms with Crippen molar-refractivity contribution < 1.29 is 17.2 Å². The fraction of sp³-hybridized carbons (Fsp3) is 0.579. The summed E-state index contributed by atoms with van der Waals surface area (Å²) in [5.41, 5.74) is -0.135. The lowest BCUT2D eigenvalue weighted by molar-refractivity contribution is 0.303. The lowest BCUT2D eigenvalue weighted by Crippen LogP contribution is -2.39. The lowest BCUT2D eigenvalue weighted by atomic mass is 9.97. The quantitative estimate of drug-likeness (QED) is 0.753. The van der Waals surface area contributed by atoms with Crippen LogP contribution in [0.3, 0.4) is 0 Å². The Morgan fingerprint density at radius 1 is 1.07 bits per heavy atom. The standard InChI is InChI=1S/C19H24F2N4O3S/c1-23-19(26)25(15-4-2-3-5-15)18(22-23)13-8-10-24(11-9-13)29(27,28)17-12-14(20)6-7-16(17)21/h6-7,12-13,15H,2-5,8-11H2,1H3. The van der Waals surface area contributed by atoms with Gasteiger partial charge < -0.3 is 0 Å². The maximum Gasteiger partial charge on any atom is 0.345 e. The molecule has 1 aliphatic heterocycles. The van der Waals surface area contributed by atoms with Crippen LogP contribution in [-0.4, -0.2) is 40.2 Å². The number of hydrogen-bond donors (Lipinski definition) is 0. The van der Waals surface area contributed by atoms with Crippen molar-refractivity contribution in [3.05, 3.63) is 46.1 Å². The van der Waals surface area contributed by atoms with Crippen LogP contribution in [0.25, 0.3) is 0 Å². The molecule has 1 saturated heterocycles. The van der Waals surface area contributed by atoms with Gasteiger partial charge in [-0.25, -0.2) is 26.7 Å². The first-order chi connectivity index (χ1) is 13.8. The Balaban J connectivity index is 1.55. The number of sulfonamides is 1. The Labute approximate surface area is 168 Å². The number of halogens is 2. The van der Waals surface area contributed by atoms with E-state index in [1.165, 1.54) is 8.99 Å². The highest BCUT2D eigenvalue weighted by atomic mass is 32.2. The molecule has 1 saturated carbocycles. The zero-order valence-electron chi connectivity index (χ0n) is 16.2. The summed E-state index contributed by atoms with van der Waals surface area (Å²) in [6.07, 6.45) is 5.01. The summed E-state index contributed by atoms with van der Waals surface area (Å²) in [7, 11) is -2.50. The predicted molar refractivity (Wildman–Crippen MR) is 102 cm³/mol. The zero-order valence-corrected chi connectivity index (χ0v) is 17.0. The second-order valence-electron chi connectivity index (χ2n) is 7.83. The third kappa shape index (κ3) is 3.63. The number of aryl methyl sites for hydroxylation is 1. The molecule has 7 nitrogen and oxygen atoms in total. The molecule has 1 aromatic carbocycles. The number of piperidine rings is 1. The minimum Gasteiger partial charge on any atom is -0.276 e. The molecule has 0 N–H and O–H groups in total. The van der Waals surface area contributed by atoms with E-state index in [2.05, 4.69) is 5.10 Å². The Bertz CT molecular complexity index is 1070. The molecular weight excluding hydrogens is 402 g/mol. The normalized spacial score (nSPS) is 19.8. The van der Waals surface area contributed by atoms with Crippen molar-refractivity contribution in [2.75, 3.05) is 13.1 Å². The van der Waals surface area contributed by atoms with E-state index in [0.29, 0.717) is 24.7 Å². The molecule has 29 heavy (non-hydrogen) atoms. The summed E-state index contributed by atoms with van der Waals surface area (Å²) >= 11 is 0. The first kappa shape index (κ1) is 20.2. The summed E-state index contributed by atoms with van der Waals surface area (Å²) in [5.74, 6) is -1.10. The second kappa shape index (κ2) is 7.64. The van der Waals surface area contributed by atoms with Gasteiger partial charge in [-0.2, -0.15) is 9.40 Å². The van der Waals surface area contributed by atoms with Crippen LogP contribution in [-0.2, 0) is 17.1 Å². The number of aromatic nitrogens is 3. The average Bonchev–Trinajstić information content (AvgIpc) is 3.32. The molecule has 2 aromatic rings. The third-order valence-corrected chi connectivity index (χ3v) is 7.92. The van der Waals surface area contributed by atoms with E-state index in [1.54, 1.807) is 11.6 Å². The fourth-order valence-electron chi connectivity index (χ4n) is 4.45. The maximum atomic E-state index is 14.0. The van der Waals surface area contributed by atoms with Crippen LogP contribution in [0.5, 0.6) is 0 Å². The topological polar surface area (TPSA) is 77.2 Å². The second-order valence-corrected chi connectivity index (χ2v) is 9.73. The molecular formula is C19H24F2N4O3S. The van der Waals surface area contributed by atoms with Crippen molar-refractivity contribution in [3.63, 3.8) is 0 Å². The number of rotatable bonds is 4. The molecule has 4 rings (SSSR count). The summed E-state index contributed by atoms with van der Waals surface area (Å²) in [6.45, 7) is 0.330. The van der Waals surface area contributed by atoms with Crippen molar-refractivity contribution in [1.29, 1.82) is 0 Å². The summed E-state index contributed by atoms with van der Waals surface area (Å²) in [6, 6.07) is 2.58. The highest BCUT2D eigenvalue weighted by Gasteiger charge is 2.35. The van der Waals surface area contributed by atoms with Crippen LogP contribution in [0.15, 0.2) is 27.9 Å². The van der Waals surface area contributed by atoms with Crippen molar-refractivity contribution in [1.82, 2.24) is 18.7 Å². The van der Waals surface area contributed by atoms with Crippen molar-refractivity contribution in [2.45, 2.75) is 55.4 Å². The molecule has 10 heteroatoms. The lowest BCUT2D eigenvalue weighted by Gasteiger charge is -2.31. The molecule has 1 aromatic heterocycles. The molecule has 0 amide bonds. The van der Waals surface area contributed by atoms with E-state index >= 15 is 0 Å². The first-order valence-electron chi connectivity index (χ1n) is 9.89. The van der Waals surface area contributed by atoms with Crippen LogP contribution < -0.4 is 5.69 Å². The van der Waals surface area contributed by atoms with Gasteiger partial charge in [-0.3, -0.25) is 4.57 Å². The molecule has 2 heterocycles. The first-order valence-corrected chi connectivity index (χ1v) is 11.3. The van der Waals surface area contributed by atoms with Gasteiger partial charge in [-0.15, -0.1) is 0 Å². The van der Waals surface area contributed by atoms with Gasteiger partial charge in [0.1, 0.15) is 22.4 Å². The number of benzene rings is 1. The highest BCUT2D eigenvalue weighted by Crippen LogP contribution is 2.34. The van der Waals surface area contributed by atoms with E-state index in [0.717, 1.165) is 37.8 Å². The Morgan fingerprint density at radius 2 is 1.72 bits per heavy atom. The zero-order chi connectivity index (χ0) is 20.8. The van der Waals surface area contributed by atoms with E-state index in [9.17, 15) is 22.0 Å².